The quantitative estimate of drug-likeness (QED) is 0.566. The third-order valence-electron chi connectivity index (χ3n) is 6.01. The third-order valence-corrected chi connectivity index (χ3v) is 6.01. The van der Waals surface area contributed by atoms with Crippen LogP contribution in [-0.4, -0.2) is 70.7 Å². The molecule has 2 unspecified atom stereocenters. The van der Waals surface area contributed by atoms with Crippen LogP contribution in [0.4, 0.5) is 0 Å². The maximum Gasteiger partial charge on any atom is 0.246 e. The fraction of sp³-hybridized carbons (Fsp3) is 0.842. The van der Waals surface area contributed by atoms with Gasteiger partial charge in [0.15, 0.2) is 0 Å². The number of hydrogen-bond donors (Lipinski definition) is 3. The zero-order valence-electron chi connectivity index (χ0n) is 16.5. The molecule has 0 radical (unpaired) electrons. The van der Waals surface area contributed by atoms with Crippen molar-refractivity contribution in [1.29, 1.82) is 0 Å². The first kappa shape index (κ1) is 20.1. The lowest BCUT2D eigenvalue weighted by Crippen LogP contribution is -2.58. The first-order chi connectivity index (χ1) is 12.8. The molecule has 2 bridgehead atoms. The Balaban J connectivity index is 1.98. The van der Waals surface area contributed by atoms with Crippen LogP contribution in [0.1, 0.15) is 47.0 Å². The molecule has 0 aliphatic carbocycles. The van der Waals surface area contributed by atoms with Gasteiger partial charge in [0.25, 0.3) is 0 Å². The number of ether oxygens (including phenoxy) is 1. The molecule has 8 heteroatoms. The van der Waals surface area contributed by atoms with Gasteiger partial charge in [-0.3, -0.25) is 14.4 Å². The molecule has 8 nitrogen and oxygen atoms in total. The van der Waals surface area contributed by atoms with E-state index < -0.39 is 29.5 Å². The summed E-state index contributed by atoms with van der Waals surface area (Å²) in [6, 6.07) is -1.44. The van der Waals surface area contributed by atoms with E-state index in [0.717, 1.165) is 6.42 Å². The Morgan fingerprint density at radius 3 is 2.63 bits per heavy atom. The Kier molecular flexibility index (Phi) is 5.49. The number of fused-ring (bicyclic) bond motifs is 1. The van der Waals surface area contributed by atoms with E-state index in [1.807, 2.05) is 20.8 Å². The van der Waals surface area contributed by atoms with Crippen LogP contribution in [-0.2, 0) is 19.1 Å². The minimum atomic E-state index is -0.988. The topological polar surface area (TPSA) is 108 Å². The van der Waals surface area contributed by atoms with Crippen molar-refractivity contribution in [2.75, 3.05) is 13.2 Å². The van der Waals surface area contributed by atoms with Crippen molar-refractivity contribution in [3.05, 3.63) is 0 Å². The molecule has 3 saturated heterocycles. The molecule has 6 atom stereocenters. The largest absolute Gasteiger partial charge is 0.394 e. The smallest absolute Gasteiger partial charge is 0.246 e. The van der Waals surface area contributed by atoms with Crippen LogP contribution in [0.15, 0.2) is 0 Å². The molecular weight excluding hydrogens is 350 g/mol. The van der Waals surface area contributed by atoms with Crippen molar-refractivity contribution >= 4 is 17.7 Å². The van der Waals surface area contributed by atoms with E-state index in [2.05, 4.69) is 10.6 Å². The second kappa shape index (κ2) is 7.39. The Bertz CT molecular complexity index is 624. The fourth-order valence-electron chi connectivity index (χ4n) is 4.98. The average molecular weight is 381 g/mol. The molecule has 1 spiro atoms. The molecule has 3 amide bonds. The highest BCUT2D eigenvalue weighted by atomic mass is 16.5. The molecule has 152 valence electrons. The molecule has 3 heterocycles. The number of aliphatic hydroxyl groups excluding tert-OH is 1. The van der Waals surface area contributed by atoms with Crippen LogP contribution in [0.2, 0.25) is 0 Å². The molecule has 3 aliphatic heterocycles. The molecule has 0 saturated carbocycles. The maximum absolute atomic E-state index is 13.3. The van der Waals surface area contributed by atoms with Crippen LogP contribution in [0.5, 0.6) is 0 Å². The number of hydrogen-bond acceptors (Lipinski definition) is 5. The molecule has 3 fully saturated rings. The first-order valence-electron chi connectivity index (χ1n) is 9.97. The van der Waals surface area contributed by atoms with E-state index in [0.29, 0.717) is 19.4 Å². The number of aliphatic hydroxyl groups is 1. The summed E-state index contributed by atoms with van der Waals surface area (Å²) in [5, 5.41) is 15.4. The van der Waals surface area contributed by atoms with Gasteiger partial charge in [0.1, 0.15) is 11.6 Å². The van der Waals surface area contributed by atoms with E-state index in [4.69, 9.17) is 4.74 Å². The van der Waals surface area contributed by atoms with Crippen molar-refractivity contribution < 1.29 is 24.2 Å². The summed E-state index contributed by atoms with van der Waals surface area (Å²) < 4.78 is 6.24. The Labute approximate surface area is 160 Å². The van der Waals surface area contributed by atoms with Gasteiger partial charge in [0, 0.05) is 12.6 Å². The van der Waals surface area contributed by atoms with Crippen molar-refractivity contribution in [2.45, 2.75) is 76.8 Å². The summed E-state index contributed by atoms with van der Waals surface area (Å²) in [4.78, 5) is 40.6. The molecule has 0 aromatic carbocycles. The van der Waals surface area contributed by atoms with Gasteiger partial charge in [-0.25, -0.2) is 0 Å². The zero-order valence-corrected chi connectivity index (χ0v) is 16.5. The minimum absolute atomic E-state index is 0.0865. The number of nitrogens with one attached hydrogen (secondary N) is 2. The van der Waals surface area contributed by atoms with Crippen LogP contribution in [0.3, 0.4) is 0 Å². The van der Waals surface area contributed by atoms with Crippen molar-refractivity contribution in [3.63, 3.8) is 0 Å². The van der Waals surface area contributed by atoms with E-state index in [9.17, 15) is 19.5 Å². The molecule has 3 N–H and O–H groups in total. The van der Waals surface area contributed by atoms with Crippen LogP contribution < -0.4 is 10.6 Å². The van der Waals surface area contributed by atoms with Gasteiger partial charge in [0.2, 0.25) is 17.7 Å². The van der Waals surface area contributed by atoms with Gasteiger partial charge in [-0.05, 0) is 40.0 Å². The third kappa shape index (κ3) is 3.02. The van der Waals surface area contributed by atoms with E-state index in [1.54, 1.807) is 6.92 Å². The number of rotatable bonds is 7. The standard InChI is InChI=1S/C19H31N3O5/c1-5-8-20-16(24)13-12-6-7-19(27-12)14(13)18(26)22(11(4)9-23)15(19)17(25)21-10(2)3/h10-15,23H,5-9H2,1-4H3,(H,20,24)(H,21,25)/t11-,12+,13-,14+,15?,19?/m1/s1. The van der Waals surface area contributed by atoms with Gasteiger partial charge in [-0.2, -0.15) is 0 Å². The van der Waals surface area contributed by atoms with Crippen LogP contribution in [0, 0.1) is 11.8 Å². The van der Waals surface area contributed by atoms with Gasteiger partial charge >= 0.3 is 0 Å². The predicted molar refractivity (Wildman–Crippen MR) is 97.6 cm³/mol. The molecule has 27 heavy (non-hydrogen) atoms. The maximum atomic E-state index is 13.3. The summed E-state index contributed by atoms with van der Waals surface area (Å²) in [6.45, 7) is 7.69. The fourth-order valence-corrected chi connectivity index (χ4v) is 4.98. The molecule has 0 aromatic heterocycles. The SMILES string of the molecule is CCCNC(=O)[C@@H]1[C@@H]2CCC3(O2)C(C(=O)NC(C)C)N([C@H](C)CO)C(=O)[C@H]13. The molecule has 3 rings (SSSR count). The number of likely N-dealkylation sites (tertiary alicyclic amines) is 1. The van der Waals surface area contributed by atoms with Crippen molar-refractivity contribution in [3.8, 4) is 0 Å². The second-order valence-corrected chi connectivity index (χ2v) is 8.29. The lowest BCUT2D eigenvalue weighted by Gasteiger charge is -2.35. The monoisotopic (exact) mass is 381 g/mol. The van der Waals surface area contributed by atoms with Gasteiger partial charge < -0.3 is 25.4 Å². The summed E-state index contributed by atoms with van der Waals surface area (Å²) >= 11 is 0. The summed E-state index contributed by atoms with van der Waals surface area (Å²) in [7, 11) is 0. The van der Waals surface area contributed by atoms with E-state index in [1.165, 1.54) is 4.90 Å². The number of amides is 3. The average Bonchev–Trinajstić information content (AvgIpc) is 3.25. The Morgan fingerprint density at radius 1 is 1.33 bits per heavy atom. The lowest BCUT2D eigenvalue weighted by atomic mass is 9.70. The second-order valence-electron chi connectivity index (χ2n) is 8.29. The summed E-state index contributed by atoms with van der Waals surface area (Å²) in [5.74, 6) is -1.98. The van der Waals surface area contributed by atoms with E-state index in [-0.39, 0.29) is 36.5 Å². The van der Waals surface area contributed by atoms with Gasteiger partial charge in [0.05, 0.1) is 30.6 Å². The predicted octanol–water partition coefficient (Wildman–Crippen LogP) is -0.207. The van der Waals surface area contributed by atoms with E-state index >= 15 is 0 Å². The Morgan fingerprint density at radius 2 is 2.04 bits per heavy atom. The van der Waals surface area contributed by atoms with Gasteiger partial charge in [-0.1, -0.05) is 6.92 Å². The zero-order chi connectivity index (χ0) is 19.9. The number of carbonyl (C=O) groups excluding carboxylic acids is 3. The normalized spacial score (nSPS) is 35.5. The van der Waals surface area contributed by atoms with Crippen molar-refractivity contribution in [2.24, 2.45) is 11.8 Å². The highest BCUT2D eigenvalue weighted by Crippen LogP contribution is 2.58. The molecule has 0 aromatic rings. The lowest BCUT2D eigenvalue weighted by molar-refractivity contribution is -0.145. The number of carbonyl (C=O) groups is 3. The summed E-state index contributed by atoms with van der Waals surface area (Å²) in [5.41, 5.74) is -0.988. The van der Waals surface area contributed by atoms with Crippen molar-refractivity contribution in [1.82, 2.24) is 15.5 Å². The Hall–Kier alpha value is -1.67. The molecular formula is C19H31N3O5. The minimum Gasteiger partial charge on any atom is -0.394 e. The summed E-state index contributed by atoms with van der Waals surface area (Å²) in [6.07, 6.45) is 1.69. The first-order valence-corrected chi connectivity index (χ1v) is 9.97. The van der Waals surface area contributed by atoms with Crippen LogP contribution >= 0.6 is 0 Å². The molecule has 3 aliphatic rings. The van der Waals surface area contributed by atoms with Crippen LogP contribution in [0.25, 0.3) is 0 Å². The number of nitrogens with zero attached hydrogens (tertiary/aromatic N) is 1. The highest BCUT2D eigenvalue weighted by molar-refractivity contribution is 5.99. The van der Waals surface area contributed by atoms with Gasteiger partial charge in [-0.15, -0.1) is 0 Å². The highest BCUT2D eigenvalue weighted by Gasteiger charge is 2.74.